The average Bonchev–Trinajstić information content (AvgIpc) is 2.62. The molecule has 0 aromatic rings. The van der Waals surface area contributed by atoms with Crippen LogP contribution in [0.4, 0.5) is 0 Å². The van der Waals surface area contributed by atoms with Gasteiger partial charge in [0, 0.05) is 12.1 Å². The van der Waals surface area contributed by atoms with Crippen molar-refractivity contribution >= 4 is 6.29 Å². The van der Waals surface area contributed by atoms with Gasteiger partial charge in [-0.2, -0.15) is 0 Å². The SMILES string of the molecule is CC.CC1C=C2NC(C=O)CC2=CC1. The van der Waals surface area contributed by atoms with Gasteiger partial charge < -0.3 is 10.1 Å². The van der Waals surface area contributed by atoms with Gasteiger partial charge in [-0.25, -0.2) is 0 Å². The zero-order valence-corrected chi connectivity index (χ0v) is 9.21. The van der Waals surface area contributed by atoms with Crippen LogP contribution in [-0.2, 0) is 4.79 Å². The summed E-state index contributed by atoms with van der Waals surface area (Å²) in [5.74, 6) is 0.613. The molecule has 0 radical (unpaired) electrons. The number of hydrogen-bond acceptors (Lipinski definition) is 2. The number of carbonyl (C=O) groups is 1. The number of rotatable bonds is 1. The average molecular weight is 193 g/mol. The Morgan fingerprint density at radius 1 is 1.50 bits per heavy atom. The molecule has 2 atom stereocenters. The van der Waals surface area contributed by atoms with Crippen molar-refractivity contribution in [1.29, 1.82) is 0 Å². The molecule has 1 N–H and O–H groups in total. The molecular weight excluding hydrogens is 174 g/mol. The van der Waals surface area contributed by atoms with Crippen LogP contribution in [0.25, 0.3) is 0 Å². The van der Waals surface area contributed by atoms with E-state index < -0.39 is 0 Å². The highest BCUT2D eigenvalue weighted by molar-refractivity contribution is 5.63. The zero-order chi connectivity index (χ0) is 10.6. The molecule has 2 heteroatoms. The Hall–Kier alpha value is -1.05. The first-order valence-electron chi connectivity index (χ1n) is 5.42. The molecule has 2 nitrogen and oxygen atoms in total. The molecule has 0 bridgehead atoms. The molecule has 0 aromatic heterocycles. The van der Waals surface area contributed by atoms with Crippen molar-refractivity contribution in [3.63, 3.8) is 0 Å². The van der Waals surface area contributed by atoms with Crippen LogP contribution in [0.3, 0.4) is 0 Å². The lowest BCUT2D eigenvalue weighted by atomic mass is 9.96. The Morgan fingerprint density at radius 3 is 2.86 bits per heavy atom. The van der Waals surface area contributed by atoms with Crippen molar-refractivity contribution in [3.05, 3.63) is 23.4 Å². The Labute approximate surface area is 86.1 Å². The highest BCUT2D eigenvalue weighted by Gasteiger charge is 2.24. The van der Waals surface area contributed by atoms with Crippen molar-refractivity contribution in [2.45, 2.75) is 39.7 Å². The summed E-state index contributed by atoms with van der Waals surface area (Å²) < 4.78 is 0. The maximum atomic E-state index is 10.5. The van der Waals surface area contributed by atoms with Gasteiger partial charge in [-0.3, -0.25) is 0 Å². The van der Waals surface area contributed by atoms with Gasteiger partial charge in [0.25, 0.3) is 0 Å². The van der Waals surface area contributed by atoms with Gasteiger partial charge in [-0.15, -0.1) is 0 Å². The minimum atomic E-state index is 0.0211. The fraction of sp³-hybridized carbons (Fsp3) is 0.583. The second-order valence-corrected chi connectivity index (χ2v) is 3.61. The molecule has 0 aromatic carbocycles. The van der Waals surface area contributed by atoms with Gasteiger partial charge >= 0.3 is 0 Å². The monoisotopic (exact) mass is 193 g/mol. The molecule has 78 valence electrons. The van der Waals surface area contributed by atoms with Crippen LogP contribution in [0, 0.1) is 5.92 Å². The van der Waals surface area contributed by atoms with Gasteiger partial charge in [0.05, 0.1) is 6.04 Å². The molecule has 1 fully saturated rings. The predicted molar refractivity (Wildman–Crippen MR) is 58.9 cm³/mol. The highest BCUT2D eigenvalue weighted by atomic mass is 16.1. The van der Waals surface area contributed by atoms with Gasteiger partial charge in [0.1, 0.15) is 6.29 Å². The highest BCUT2D eigenvalue weighted by Crippen LogP contribution is 2.29. The van der Waals surface area contributed by atoms with Crippen LogP contribution < -0.4 is 5.32 Å². The third-order valence-electron chi connectivity index (χ3n) is 2.48. The van der Waals surface area contributed by atoms with Crippen molar-refractivity contribution < 1.29 is 4.79 Å². The van der Waals surface area contributed by atoms with E-state index in [4.69, 9.17) is 0 Å². The van der Waals surface area contributed by atoms with Gasteiger partial charge in [-0.1, -0.05) is 32.9 Å². The van der Waals surface area contributed by atoms with Gasteiger partial charge in [-0.05, 0) is 17.9 Å². The molecule has 14 heavy (non-hydrogen) atoms. The quantitative estimate of drug-likeness (QED) is 0.648. The van der Waals surface area contributed by atoms with E-state index in [0.717, 1.165) is 19.1 Å². The third-order valence-corrected chi connectivity index (χ3v) is 2.48. The molecule has 0 amide bonds. The second-order valence-electron chi connectivity index (χ2n) is 3.61. The Morgan fingerprint density at radius 2 is 2.21 bits per heavy atom. The van der Waals surface area contributed by atoms with E-state index in [1.54, 1.807) is 0 Å². The summed E-state index contributed by atoms with van der Waals surface area (Å²) in [6.07, 6.45) is 7.45. The van der Waals surface area contributed by atoms with Crippen molar-refractivity contribution in [3.8, 4) is 0 Å². The largest absolute Gasteiger partial charge is 0.375 e. The first-order valence-corrected chi connectivity index (χ1v) is 5.42. The minimum Gasteiger partial charge on any atom is -0.375 e. The lowest BCUT2D eigenvalue weighted by Gasteiger charge is -2.12. The number of aldehydes is 1. The summed E-state index contributed by atoms with van der Waals surface area (Å²) in [6.45, 7) is 6.19. The van der Waals surface area contributed by atoms with Gasteiger partial charge in [0.15, 0.2) is 0 Å². The Kier molecular flexibility index (Phi) is 3.93. The maximum absolute atomic E-state index is 10.5. The van der Waals surface area contributed by atoms with E-state index in [0.29, 0.717) is 5.92 Å². The predicted octanol–water partition coefficient (Wildman–Crippen LogP) is 2.42. The van der Waals surface area contributed by atoms with Crippen molar-refractivity contribution in [2.75, 3.05) is 0 Å². The van der Waals surface area contributed by atoms with E-state index in [2.05, 4.69) is 24.4 Å². The molecule has 1 saturated heterocycles. The fourth-order valence-electron chi connectivity index (χ4n) is 1.80. The first-order chi connectivity index (χ1) is 6.79. The molecule has 2 rings (SSSR count). The minimum absolute atomic E-state index is 0.0211. The number of nitrogens with one attached hydrogen (secondary N) is 1. The van der Waals surface area contributed by atoms with Crippen LogP contribution in [0.2, 0.25) is 0 Å². The molecule has 2 aliphatic rings. The van der Waals surface area contributed by atoms with Crippen LogP contribution in [0.5, 0.6) is 0 Å². The van der Waals surface area contributed by atoms with E-state index >= 15 is 0 Å². The molecule has 1 aliphatic heterocycles. The third kappa shape index (κ3) is 2.25. The smallest absolute Gasteiger partial charge is 0.142 e. The van der Waals surface area contributed by atoms with Crippen LogP contribution in [0.15, 0.2) is 23.4 Å². The number of carbonyl (C=O) groups excluding carboxylic acids is 1. The standard InChI is InChI=1S/C10H13NO.C2H6/c1-7-2-3-8-5-9(6-12)11-10(8)4-7;1-2/h3-4,6-7,9,11H,2,5H2,1H3;1-2H3. The molecule has 2 unspecified atom stereocenters. The normalized spacial score (nSPS) is 28.8. The molecule has 1 heterocycles. The number of hydrogen-bond donors (Lipinski definition) is 1. The lowest BCUT2D eigenvalue weighted by molar-refractivity contribution is -0.109. The summed E-state index contributed by atoms with van der Waals surface area (Å²) in [5, 5.41) is 3.20. The maximum Gasteiger partial charge on any atom is 0.142 e. The summed E-state index contributed by atoms with van der Waals surface area (Å²) in [6, 6.07) is 0.0211. The van der Waals surface area contributed by atoms with Crippen LogP contribution >= 0.6 is 0 Å². The van der Waals surface area contributed by atoms with Crippen LogP contribution in [-0.4, -0.2) is 12.3 Å². The fourth-order valence-corrected chi connectivity index (χ4v) is 1.80. The molecular formula is C12H19NO. The Bertz CT molecular complexity index is 265. The van der Waals surface area contributed by atoms with Gasteiger partial charge in [0.2, 0.25) is 0 Å². The number of fused-ring (bicyclic) bond motifs is 1. The van der Waals surface area contributed by atoms with Crippen molar-refractivity contribution in [1.82, 2.24) is 5.32 Å². The first kappa shape index (κ1) is 11.0. The topological polar surface area (TPSA) is 29.1 Å². The second kappa shape index (κ2) is 4.99. The number of allylic oxidation sites excluding steroid dienone is 3. The van der Waals surface area contributed by atoms with E-state index in [1.807, 2.05) is 13.8 Å². The van der Waals surface area contributed by atoms with E-state index in [1.165, 1.54) is 11.3 Å². The zero-order valence-electron chi connectivity index (χ0n) is 9.21. The van der Waals surface area contributed by atoms with E-state index in [9.17, 15) is 4.79 Å². The van der Waals surface area contributed by atoms with Crippen molar-refractivity contribution in [2.24, 2.45) is 5.92 Å². The Balaban J connectivity index is 0.000000461. The summed E-state index contributed by atoms with van der Waals surface area (Å²) in [4.78, 5) is 10.5. The summed E-state index contributed by atoms with van der Waals surface area (Å²) in [7, 11) is 0. The molecule has 0 spiro atoms. The summed E-state index contributed by atoms with van der Waals surface area (Å²) in [5.41, 5.74) is 2.51. The van der Waals surface area contributed by atoms with E-state index in [-0.39, 0.29) is 6.04 Å². The molecule has 1 aliphatic carbocycles. The summed E-state index contributed by atoms with van der Waals surface area (Å²) >= 11 is 0. The molecule has 0 saturated carbocycles. The lowest BCUT2D eigenvalue weighted by Crippen LogP contribution is -2.21. The van der Waals surface area contributed by atoms with Crippen LogP contribution in [0.1, 0.15) is 33.6 Å².